The van der Waals surface area contributed by atoms with Gasteiger partial charge in [0, 0.05) is 45.6 Å². The summed E-state index contributed by atoms with van der Waals surface area (Å²) in [6.45, 7) is 6.07. The first-order chi connectivity index (χ1) is 15.2. The molecule has 4 heterocycles. The van der Waals surface area contributed by atoms with Gasteiger partial charge in [0.25, 0.3) is 11.5 Å². The highest BCUT2D eigenvalue weighted by Crippen LogP contribution is 2.38. The van der Waals surface area contributed by atoms with Crippen molar-refractivity contribution < 1.29 is 9.32 Å². The van der Waals surface area contributed by atoms with Crippen LogP contribution in [0.4, 0.5) is 5.95 Å². The first-order valence-electron chi connectivity index (χ1n) is 10.6. The second-order valence-electron chi connectivity index (χ2n) is 8.56. The lowest BCUT2D eigenvalue weighted by Crippen LogP contribution is -2.37. The number of hydrogen-bond donors (Lipinski definition) is 0. The van der Waals surface area contributed by atoms with Crippen molar-refractivity contribution in [2.45, 2.75) is 39.7 Å². The molecule has 1 amide bonds. The Morgan fingerprint density at radius 2 is 1.97 bits per heavy atom. The summed E-state index contributed by atoms with van der Waals surface area (Å²) in [5.41, 5.74) is 3.59. The molecule has 0 bridgehead atoms. The van der Waals surface area contributed by atoms with E-state index in [0.717, 1.165) is 24.2 Å². The van der Waals surface area contributed by atoms with Crippen LogP contribution in [0.5, 0.6) is 0 Å². The summed E-state index contributed by atoms with van der Waals surface area (Å²) in [5.74, 6) is 0.835. The highest BCUT2D eigenvalue weighted by atomic mass is 16.5. The quantitative estimate of drug-likeness (QED) is 0.620. The van der Waals surface area contributed by atoms with Crippen molar-refractivity contribution >= 4 is 11.9 Å². The van der Waals surface area contributed by atoms with Crippen molar-refractivity contribution in [1.82, 2.24) is 24.6 Å². The van der Waals surface area contributed by atoms with Gasteiger partial charge in [-0.25, -0.2) is 9.97 Å². The van der Waals surface area contributed by atoms with Crippen LogP contribution in [0.3, 0.4) is 0 Å². The van der Waals surface area contributed by atoms with Gasteiger partial charge in [-0.2, -0.15) is 0 Å². The summed E-state index contributed by atoms with van der Waals surface area (Å²) in [4.78, 5) is 39.4. The number of aryl methyl sites for hydroxylation is 3. The summed E-state index contributed by atoms with van der Waals surface area (Å²) in [7, 11) is 5.43. The minimum absolute atomic E-state index is 0.212. The second kappa shape index (κ2) is 8.22. The Labute approximate surface area is 186 Å². The molecule has 0 aromatic carbocycles. The van der Waals surface area contributed by atoms with E-state index >= 15 is 0 Å². The Morgan fingerprint density at radius 3 is 2.62 bits per heavy atom. The van der Waals surface area contributed by atoms with E-state index in [0.29, 0.717) is 35.1 Å². The van der Waals surface area contributed by atoms with Crippen molar-refractivity contribution in [3.05, 3.63) is 56.9 Å². The lowest BCUT2D eigenvalue weighted by atomic mass is 10.0. The fourth-order valence-corrected chi connectivity index (χ4v) is 4.21. The number of hydrogen-bond acceptors (Lipinski definition) is 7. The largest absolute Gasteiger partial charge is 0.356 e. The zero-order valence-electron chi connectivity index (χ0n) is 19.3. The SMILES string of the molecule is Cc1cc(-c2cnc(N(C)C)nc2[C@@H]2CCCN2C(=O)c2c(C)cc(C)n(C)c2=O)on1. The molecule has 3 aromatic rings. The van der Waals surface area contributed by atoms with Crippen molar-refractivity contribution in [1.29, 1.82) is 0 Å². The molecular weight excluding hydrogens is 408 g/mol. The molecule has 3 aromatic heterocycles. The maximum Gasteiger partial charge on any atom is 0.263 e. The van der Waals surface area contributed by atoms with Gasteiger partial charge in [0.05, 0.1) is 23.0 Å². The number of pyridine rings is 1. The summed E-state index contributed by atoms with van der Waals surface area (Å²) in [6.07, 6.45) is 3.27. The van der Waals surface area contributed by atoms with Crippen LogP contribution in [0.1, 0.15) is 51.9 Å². The van der Waals surface area contributed by atoms with Gasteiger partial charge in [0.2, 0.25) is 5.95 Å². The number of nitrogens with zero attached hydrogens (tertiary/aromatic N) is 6. The van der Waals surface area contributed by atoms with Crippen molar-refractivity contribution in [3.63, 3.8) is 0 Å². The zero-order valence-corrected chi connectivity index (χ0v) is 19.3. The van der Waals surface area contributed by atoms with Gasteiger partial charge in [-0.05, 0) is 45.2 Å². The predicted octanol–water partition coefficient (Wildman–Crippen LogP) is 2.80. The predicted molar refractivity (Wildman–Crippen MR) is 121 cm³/mol. The average molecular weight is 437 g/mol. The summed E-state index contributed by atoms with van der Waals surface area (Å²) in [5, 5.41) is 4.00. The van der Waals surface area contributed by atoms with Crippen LogP contribution in [0, 0.1) is 20.8 Å². The van der Waals surface area contributed by atoms with Crippen molar-refractivity contribution in [3.8, 4) is 11.3 Å². The Bertz CT molecular complexity index is 1240. The van der Waals surface area contributed by atoms with Crippen LogP contribution in [-0.2, 0) is 7.05 Å². The number of rotatable bonds is 4. The van der Waals surface area contributed by atoms with Crippen LogP contribution in [0.2, 0.25) is 0 Å². The van der Waals surface area contributed by atoms with E-state index in [1.54, 1.807) is 18.1 Å². The third-order valence-electron chi connectivity index (χ3n) is 6.01. The molecule has 1 aliphatic heterocycles. The number of carbonyl (C=O) groups is 1. The molecule has 1 atom stereocenters. The smallest absolute Gasteiger partial charge is 0.263 e. The molecule has 0 N–H and O–H groups in total. The third-order valence-corrected chi connectivity index (χ3v) is 6.01. The number of carbonyl (C=O) groups excluding carboxylic acids is 1. The van der Waals surface area contributed by atoms with Gasteiger partial charge >= 0.3 is 0 Å². The van der Waals surface area contributed by atoms with Gasteiger partial charge in [0.15, 0.2) is 5.76 Å². The van der Waals surface area contributed by atoms with E-state index in [1.807, 2.05) is 51.9 Å². The number of aromatic nitrogens is 4. The molecule has 168 valence electrons. The van der Waals surface area contributed by atoms with Crippen LogP contribution in [0.25, 0.3) is 11.3 Å². The summed E-state index contributed by atoms with van der Waals surface area (Å²) >= 11 is 0. The van der Waals surface area contributed by atoms with Gasteiger partial charge in [-0.15, -0.1) is 0 Å². The van der Waals surface area contributed by atoms with Crippen molar-refractivity contribution in [2.75, 3.05) is 25.5 Å². The van der Waals surface area contributed by atoms with Crippen LogP contribution >= 0.6 is 0 Å². The Kier molecular flexibility index (Phi) is 5.58. The Morgan fingerprint density at radius 1 is 1.22 bits per heavy atom. The molecule has 0 spiro atoms. The standard InChI is InChI=1S/C23H28N6O3/c1-13-10-15(3)28(6)21(30)19(13)22(31)29-9-7-8-17(29)20-16(18-11-14(2)26-32-18)12-24-23(25-20)27(4)5/h10-12,17H,7-9H2,1-6H3/t17-/m0/s1. The van der Waals surface area contributed by atoms with E-state index in [-0.39, 0.29) is 23.1 Å². The first kappa shape index (κ1) is 21.7. The lowest BCUT2D eigenvalue weighted by Gasteiger charge is -2.27. The highest BCUT2D eigenvalue weighted by molar-refractivity contribution is 5.96. The Hall–Kier alpha value is -3.49. The van der Waals surface area contributed by atoms with Crippen LogP contribution in [0.15, 0.2) is 27.6 Å². The van der Waals surface area contributed by atoms with E-state index < -0.39 is 0 Å². The minimum Gasteiger partial charge on any atom is -0.356 e. The van der Waals surface area contributed by atoms with Crippen LogP contribution < -0.4 is 10.5 Å². The van der Waals surface area contributed by atoms with Crippen molar-refractivity contribution in [2.24, 2.45) is 7.05 Å². The molecular formula is C23H28N6O3. The summed E-state index contributed by atoms with van der Waals surface area (Å²) in [6, 6.07) is 3.41. The van der Waals surface area contributed by atoms with E-state index in [2.05, 4.69) is 10.1 Å². The molecule has 32 heavy (non-hydrogen) atoms. The topological polar surface area (TPSA) is 97.4 Å². The third kappa shape index (κ3) is 3.68. The minimum atomic E-state index is -0.296. The number of anilines is 1. The number of likely N-dealkylation sites (tertiary alicyclic amines) is 1. The van der Waals surface area contributed by atoms with E-state index in [4.69, 9.17) is 9.51 Å². The summed E-state index contributed by atoms with van der Waals surface area (Å²) < 4.78 is 7.01. The van der Waals surface area contributed by atoms with Gasteiger partial charge in [-0.1, -0.05) is 5.16 Å². The van der Waals surface area contributed by atoms with Crippen LogP contribution in [-0.4, -0.2) is 51.1 Å². The van der Waals surface area contributed by atoms with E-state index in [9.17, 15) is 9.59 Å². The Balaban J connectivity index is 1.82. The molecule has 0 unspecified atom stereocenters. The molecule has 0 saturated carbocycles. The number of amides is 1. The fourth-order valence-electron chi connectivity index (χ4n) is 4.21. The lowest BCUT2D eigenvalue weighted by molar-refractivity contribution is 0.0730. The first-order valence-corrected chi connectivity index (χ1v) is 10.6. The monoisotopic (exact) mass is 436 g/mol. The molecule has 0 radical (unpaired) electrons. The molecule has 1 saturated heterocycles. The normalized spacial score (nSPS) is 15.9. The second-order valence-corrected chi connectivity index (χ2v) is 8.56. The maximum absolute atomic E-state index is 13.6. The fraction of sp³-hybridized carbons (Fsp3) is 0.435. The highest BCUT2D eigenvalue weighted by Gasteiger charge is 2.36. The van der Waals surface area contributed by atoms with E-state index in [1.165, 1.54) is 4.57 Å². The molecule has 0 aliphatic carbocycles. The molecule has 1 aliphatic rings. The molecule has 4 rings (SSSR count). The molecule has 9 heteroatoms. The molecule has 1 fully saturated rings. The zero-order chi connectivity index (χ0) is 23.2. The maximum atomic E-state index is 13.6. The molecule has 9 nitrogen and oxygen atoms in total. The van der Waals surface area contributed by atoms with Gasteiger partial charge in [0.1, 0.15) is 5.56 Å². The average Bonchev–Trinajstić information content (AvgIpc) is 3.40. The van der Waals surface area contributed by atoms with Gasteiger partial charge in [-0.3, -0.25) is 9.59 Å². The van der Waals surface area contributed by atoms with Gasteiger partial charge < -0.3 is 18.9 Å².